The predicted octanol–water partition coefficient (Wildman–Crippen LogP) is 15.2. The molecule has 2 aliphatic carbocycles. The molecular weight excluding hydrogens is 759 g/mol. The molecule has 13 rings (SSSR count). The van der Waals surface area contributed by atoms with Crippen molar-refractivity contribution in [3.8, 4) is 67.5 Å². The van der Waals surface area contributed by atoms with Crippen LogP contribution in [0.5, 0.6) is 0 Å². The Morgan fingerprint density at radius 3 is 1.45 bits per heavy atom. The number of para-hydroxylation sites is 2. The second-order valence-corrected chi connectivity index (χ2v) is 17.0. The van der Waals surface area contributed by atoms with Crippen LogP contribution in [0.2, 0.25) is 0 Å². The Morgan fingerprint density at radius 1 is 0.339 bits per heavy atom. The molecule has 5 heteroatoms. The molecule has 0 N–H and O–H groups in total. The van der Waals surface area contributed by atoms with E-state index in [0.29, 0.717) is 17.5 Å². The first-order valence-corrected chi connectivity index (χ1v) is 21.7. The minimum atomic E-state index is 0.116. The Morgan fingerprint density at radius 2 is 0.806 bits per heavy atom. The molecule has 1 spiro atoms. The summed E-state index contributed by atoms with van der Waals surface area (Å²) in [6, 6.07) is 62.4. The van der Waals surface area contributed by atoms with Gasteiger partial charge in [-0.1, -0.05) is 135 Å². The van der Waals surface area contributed by atoms with E-state index in [0.717, 1.165) is 71.7 Å². The molecule has 294 valence electrons. The number of nitrogens with zero attached hydrogens (tertiary/aromatic N) is 3. The highest BCUT2D eigenvalue weighted by Crippen LogP contribution is 2.58. The zero-order valence-corrected chi connectivity index (χ0v) is 33.9. The number of furan rings is 2. The van der Waals surface area contributed by atoms with Crippen molar-refractivity contribution in [3.05, 3.63) is 187 Å². The van der Waals surface area contributed by atoms with Crippen molar-refractivity contribution < 1.29 is 8.83 Å². The number of hydrogen-bond donors (Lipinski definition) is 0. The van der Waals surface area contributed by atoms with E-state index in [1.807, 2.05) is 60.7 Å². The number of rotatable bonds is 5. The molecule has 0 radical (unpaired) electrons. The lowest BCUT2D eigenvalue weighted by atomic mass is 9.68. The van der Waals surface area contributed by atoms with Gasteiger partial charge in [-0.15, -0.1) is 0 Å². The SMILES string of the molecule is c1cc(-c2cccc(-c3cccc4c3-c3ccccc3C43CCCCC3)c2)cc(-c2nc(-c3ccc4oc5ccccc5c4c3)nc(-c3ccc4oc5ccccc5c4c3)n2)c1. The highest BCUT2D eigenvalue weighted by Gasteiger charge is 2.44. The van der Waals surface area contributed by atoms with Crippen LogP contribution in [0, 0.1) is 0 Å². The van der Waals surface area contributed by atoms with Crippen molar-refractivity contribution in [2.24, 2.45) is 0 Å². The molecule has 62 heavy (non-hydrogen) atoms. The second kappa shape index (κ2) is 13.7. The van der Waals surface area contributed by atoms with E-state index < -0.39 is 0 Å². The van der Waals surface area contributed by atoms with Gasteiger partial charge in [-0.3, -0.25) is 0 Å². The van der Waals surface area contributed by atoms with Gasteiger partial charge in [-0.2, -0.15) is 0 Å². The maximum atomic E-state index is 6.19. The minimum absolute atomic E-state index is 0.116. The molecule has 0 saturated heterocycles. The minimum Gasteiger partial charge on any atom is -0.456 e. The summed E-state index contributed by atoms with van der Waals surface area (Å²) in [4.78, 5) is 15.6. The molecule has 8 aromatic carbocycles. The molecular formula is C57H39N3O2. The summed E-state index contributed by atoms with van der Waals surface area (Å²) < 4.78 is 12.4. The molecule has 11 aromatic rings. The summed E-state index contributed by atoms with van der Waals surface area (Å²) in [6.45, 7) is 0. The van der Waals surface area contributed by atoms with E-state index in [-0.39, 0.29) is 5.41 Å². The van der Waals surface area contributed by atoms with Crippen LogP contribution >= 0.6 is 0 Å². The van der Waals surface area contributed by atoms with Gasteiger partial charge in [0.25, 0.3) is 0 Å². The fraction of sp³-hybridized carbons (Fsp3) is 0.105. The smallest absolute Gasteiger partial charge is 0.164 e. The second-order valence-electron chi connectivity index (χ2n) is 17.0. The molecule has 0 atom stereocenters. The average Bonchev–Trinajstić information content (AvgIpc) is 3.99. The highest BCUT2D eigenvalue weighted by molar-refractivity contribution is 6.07. The Balaban J connectivity index is 0.940. The van der Waals surface area contributed by atoms with Crippen molar-refractivity contribution >= 4 is 43.9 Å². The van der Waals surface area contributed by atoms with Crippen LogP contribution in [-0.4, -0.2) is 15.0 Å². The Labute approximate surface area is 358 Å². The van der Waals surface area contributed by atoms with Gasteiger partial charge in [0.1, 0.15) is 22.3 Å². The monoisotopic (exact) mass is 797 g/mol. The lowest BCUT2D eigenvalue weighted by Crippen LogP contribution is -2.27. The maximum Gasteiger partial charge on any atom is 0.164 e. The van der Waals surface area contributed by atoms with E-state index >= 15 is 0 Å². The summed E-state index contributed by atoms with van der Waals surface area (Å²) in [5.41, 5.74) is 16.8. The van der Waals surface area contributed by atoms with E-state index in [4.69, 9.17) is 23.8 Å². The lowest BCUT2D eigenvalue weighted by molar-refractivity contribution is 0.353. The van der Waals surface area contributed by atoms with Crippen LogP contribution < -0.4 is 0 Å². The maximum absolute atomic E-state index is 6.19. The number of fused-ring (bicyclic) bond motifs is 11. The molecule has 0 unspecified atom stereocenters. The fourth-order valence-electron chi connectivity index (χ4n) is 10.6. The highest BCUT2D eigenvalue weighted by atomic mass is 16.3. The lowest BCUT2D eigenvalue weighted by Gasteiger charge is -2.36. The van der Waals surface area contributed by atoms with Gasteiger partial charge in [-0.25, -0.2) is 15.0 Å². The van der Waals surface area contributed by atoms with Crippen LogP contribution in [0.3, 0.4) is 0 Å². The fourth-order valence-corrected chi connectivity index (χ4v) is 10.6. The van der Waals surface area contributed by atoms with Crippen molar-refractivity contribution in [2.75, 3.05) is 0 Å². The van der Waals surface area contributed by atoms with Gasteiger partial charge in [-0.05, 0) is 118 Å². The van der Waals surface area contributed by atoms with Crippen LogP contribution in [0.1, 0.15) is 43.2 Å². The first-order valence-electron chi connectivity index (χ1n) is 21.7. The normalized spacial score (nSPS) is 14.3. The van der Waals surface area contributed by atoms with E-state index in [1.54, 1.807) is 0 Å². The largest absolute Gasteiger partial charge is 0.456 e. The van der Waals surface area contributed by atoms with Crippen molar-refractivity contribution in [2.45, 2.75) is 37.5 Å². The third-order valence-corrected chi connectivity index (χ3v) is 13.5. The zero-order valence-electron chi connectivity index (χ0n) is 33.9. The third-order valence-electron chi connectivity index (χ3n) is 13.5. The van der Waals surface area contributed by atoms with Gasteiger partial charge >= 0.3 is 0 Å². The number of benzene rings is 8. The summed E-state index contributed by atoms with van der Waals surface area (Å²) >= 11 is 0. The van der Waals surface area contributed by atoms with Crippen molar-refractivity contribution in [3.63, 3.8) is 0 Å². The van der Waals surface area contributed by atoms with E-state index in [1.165, 1.54) is 65.5 Å². The quantitative estimate of drug-likeness (QED) is 0.174. The molecule has 3 aromatic heterocycles. The summed E-state index contributed by atoms with van der Waals surface area (Å²) in [5.74, 6) is 1.79. The Kier molecular flexibility index (Phi) is 7.77. The molecule has 2 aliphatic rings. The van der Waals surface area contributed by atoms with Crippen molar-refractivity contribution in [1.29, 1.82) is 0 Å². The van der Waals surface area contributed by atoms with E-state index in [9.17, 15) is 0 Å². The van der Waals surface area contributed by atoms with Crippen molar-refractivity contribution in [1.82, 2.24) is 15.0 Å². The summed E-state index contributed by atoms with van der Waals surface area (Å²) in [6.07, 6.45) is 6.32. The van der Waals surface area contributed by atoms with Crippen LogP contribution in [-0.2, 0) is 5.41 Å². The first kappa shape index (κ1) is 35.2. The van der Waals surface area contributed by atoms with Gasteiger partial charge in [0.15, 0.2) is 17.5 Å². The molecule has 0 aliphatic heterocycles. The van der Waals surface area contributed by atoms with Gasteiger partial charge in [0.2, 0.25) is 0 Å². The van der Waals surface area contributed by atoms with Crippen LogP contribution in [0.15, 0.2) is 185 Å². The molecule has 0 bridgehead atoms. The molecule has 5 nitrogen and oxygen atoms in total. The standard InChI is InChI=1S/C57H39N3O2/c1-8-29-57(30-9-1)47-21-5-2-19-44(47)53-41(20-12-22-48(53)57)37-15-10-13-35(31-37)36-14-11-16-38(32-36)54-58-55(39-25-27-51-45(33-39)42-17-3-6-23-49(42)61-51)60-56(59-54)40-26-28-52-46(34-40)43-18-4-7-24-50(43)62-52/h2-7,10-28,31-34H,1,8-9,29-30H2. The molecule has 1 saturated carbocycles. The summed E-state index contributed by atoms with van der Waals surface area (Å²) in [7, 11) is 0. The molecule has 1 fully saturated rings. The third kappa shape index (κ3) is 5.44. The van der Waals surface area contributed by atoms with Gasteiger partial charge in [0, 0.05) is 43.7 Å². The van der Waals surface area contributed by atoms with Gasteiger partial charge < -0.3 is 8.83 Å². The van der Waals surface area contributed by atoms with Crippen LogP contribution in [0.25, 0.3) is 111 Å². The average molecular weight is 798 g/mol. The number of hydrogen-bond acceptors (Lipinski definition) is 5. The van der Waals surface area contributed by atoms with E-state index in [2.05, 4.69) is 115 Å². The van der Waals surface area contributed by atoms with Crippen LogP contribution in [0.4, 0.5) is 0 Å². The molecule has 0 amide bonds. The Bertz CT molecular complexity index is 3460. The van der Waals surface area contributed by atoms with Gasteiger partial charge in [0.05, 0.1) is 0 Å². The topological polar surface area (TPSA) is 65.0 Å². The first-order chi connectivity index (χ1) is 30.7. The Hall–Kier alpha value is -7.63. The summed E-state index contributed by atoms with van der Waals surface area (Å²) in [5, 5.41) is 4.17. The molecule has 3 heterocycles. The zero-order chi connectivity index (χ0) is 40.8. The predicted molar refractivity (Wildman–Crippen MR) is 251 cm³/mol. The number of aromatic nitrogens is 3.